The van der Waals surface area contributed by atoms with Crippen molar-refractivity contribution in [3.63, 3.8) is 0 Å². The van der Waals surface area contributed by atoms with E-state index in [4.69, 9.17) is 4.74 Å². The largest absolute Gasteiger partial charge is 0.484 e. The van der Waals surface area contributed by atoms with Crippen LogP contribution < -0.4 is 10.2 Å². The number of rotatable bonds is 4. The van der Waals surface area contributed by atoms with Crippen LogP contribution in [0.4, 0.5) is 0 Å². The fraction of sp³-hybridized carbons (Fsp3) is 0.364. The summed E-state index contributed by atoms with van der Waals surface area (Å²) >= 11 is 0. The predicted molar refractivity (Wildman–Crippen MR) is 105 cm³/mol. The molecule has 0 aromatic heterocycles. The van der Waals surface area contributed by atoms with Crippen LogP contribution in [-0.2, 0) is 16.6 Å². The van der Waals surface area contributed by atoms with E-state index in [0.29, 0.717) is 5.75 Å². The smallest absolute Gasteiger partial charge is 0.277 e. The molecule has 3 rings (SSSR count). The SMILES string of the molecule is CC(C)(C)c1ccc(OCC(=O)NN=C2CCCc3ccccc32)cc1. The zero-order valence-corrected chi connectivity index (χ0v) is 15.7. The molecule has 0 atom stereocenters. The van der Waals surface area contributed by atoms with Crippen molar-refractivity contribution < 1.29 is 9.53 Å². The van der Waals surface area contributed by atoms with Gasteiger partial charge in [-0.25, -0.2) is 5.43 Å². The number of amides is 1. The van der Waals surface area contributed by atoms with Crippen LogP contribution in [0.3, 0.4) is 0 Å². The molecule has 136 valence electrons. The number of nitrogens with zero attached hydrogens (tertiary/aromatic N) is 1. The molecule has 2 aromatic carbocycles. The minimum atomic E-state index is -0.250. The average molecular weight is 350 g/mol. The van der Waals surface area contributed by atoms with E-state index in [-0.39, 0.29) is 17.9 Å². The molecule has 0 spiro atoms. The van der Waals surface area contributed by atoms with Gasteiger partial charge in [0.15, 0.2) is 6.61 Å². The molecule has 0 unspecified atom stereocenters. The Labute approximate surface area is 155 Å². The Morgan fingerprint density at radius 3 is 2.54 bits per heavy atom. The van der Waals surface area contributed by atoms with E-state index < -0.39 is 0 Å². The summed E-state index contributed by atoms with van der Waals surface area (Å²) in [5.41, 5.74) is 7.33. The molecule has 2 aromatic rings. The van der Waals surface area contributed by atoms with E-state index in [9.17, 15) is 4.79 Å². The topological polar surface area (TPSA) is 50.7 Å². The van der Waals surface area contributed by atoms with Crippen LogP contribution in [0.1, 0.15) is 50.3 Å². The fourth-order valence-corrected chi connectivity index (χ4v) is 3.08. The highest BCUT2D eigenvalue weighted by Crippen LogP contribution is 2.24. The molecule has 1 aliphatic rings. The Balaban J connectivity index is 1.55. The van der Waals surface area contributed by atoms with Gasteiger partial charge in [-0.3, -0.25) is 4.79 Å². The predicted octanol–water partition coefficient (Wildman–Crippen LogP) is 4.22. The first-order chi connectivity index (χ1) is 12.4. The Bertz CT molecular complexity index is 802. The number of carbonyl (C=O) groups excluding carboxylic acids is 1. The lowest BCUT2D eigenvalue weighted by molar-refractivity contribution is -0.123. The van der Waals surface area contributed by atoms with Crippen molar-refractivity contribution in [2.45, 2.75) is 45.4 Å². The molecular formula is C22H26N2O2. The highest BCUT2D eigenvalue weighted by molar-refractivity contribution is 6.03. The number of benzene rings is 2. The third kappa shape index (κ3) is 4.51. The zero-order valence-electron chi connectivity index (χ0n) is 15.7. The first kappa shape index (κ1) is 18.2. The summed E-state index contributed by atoms with van der Waals surface area (Å²) in [5.74, 6) is 0.435. The second kappa shape index (κ2) is 7.73. The van der Waals surface area contributed by atoms with Gasteiger partial charge < -0.3 is 4.74 Å². The van der Waals surface area contributed by atoms with Gasteiger partial charge in [0.05, 0.1) is 5.71 Å². The van der Waals surface area contributed by atoms with Crippen LogP contribution >= 0.6 is 0 Å². The third-order valence-corrected chi connectivity index (χ3v) is 4.59. The van der Waals surface area contributed by atoms with Crippen molar-refractivity contribution in [3.8, 4) is 5.75 Å². The van der Waals surface area contributed by atoms with Crippen LogP contribution in [0, 0.1) is 0 Å². The lowest BCUT2D eigenvalue weighted by Crippen LogP contribution is -2.27. The highest BCUT2D eigenvalue weighted by Gasteiger charge is 2.15. The van der Waals surface area contributed by atoms with Gasteiger partial charge in [-0.05, 0) is 47.9 Å². The molecular weight excluding hydrogens is 324 g/mol. The molecule has 0 saturated carbocycles. The maximum absolute atomic E-state index is 12.1. The van der Waals surface area contributed by atoms with Crippen molar-refractivity contribution in [2.24, 2.45) is 5.10 Å². The fourth-order valence-electron chi connectivity index (χ4n) is 3.08. The minimum absolute atomic E-state index is 0.0483. The minimum Gasteiger partial charge on any atom is -0.484 e. The summed E-state index contributed by atoms with van der Waals surface area (Å²) in [4.78, 5) is 12.1. The van der Waals surface area contributed by atoms with E-state index in [1.54, 1.807) is 0 Å². The van der Waals surface area contributed by atoms with Crippen LogP contribution in [0.5, 0.6) is 5.75 Å². The molecule has 1 aliphatic carbocycles. The monoisotopic (exact) mass is 350 g/mol. The quantitative estimate of drug-likeness (QED) is 0.840. The molecule has 0 aliphatic heterocycles. The number of fused-ring (bicyclic) bond motifs is 1. The first-order valence-corrected chi connectivity index (χ1v) is 9.10. The summed E-state index contributed by atoms with van der Waals surface area (Å²) in [6, 6.07) is 16.1. The second-order valence-corrected chi connectivity index (χ2v) is 7.67. The van der Waals surface area contributed by atoms with Crippen molar-refractivity contribution in [2.75, 3.05) is 6.61 Å². The number of hydrogen-bond acceptors (Lipinski definition) is 3. The molecule has 0 heterocycles. The molecule has 0 saturated heterocycles. The van der Waals surface area contributed by atoms with Crippen molar-refractivity contribution in [1.29, 1.82) is 0 Å². The van der Waals surface area contributed by atoms with Crippen LogP contribution in [0.2, 0.25) is 0 Å². The van der Waals surface area contributed by atoms with Gasteiger partial charge in [0, 0.05) is 5.56 Å². The van der Waals surface area contributed by atoms with Gasteiger partial charge in [-0.1, -0.05) is 57.2 Å². The first-order valence-electron chi connectivity index (χ1n) is 9.10. The number of ether oxygens (including phenoxy) is 1. The third-order valence-electron chi connectivity index (χ3n) is 4.59. The Hall–Kier alpha value is -2.62. The molecule has 1 amide bonds. The van der Waals surface area contributed by atoms with Crippen molar-refractivity contribution in [1.82, 2.24) is 5.43 Å². The molecule has 0 radical (unpaired) electrons. The van der Waals surface area contributed by atoms with Crippen LogP contribution in [0.15, 0.2) is 53.6 Å². The number of hydrogen-bond donors (Lipinski definition) is 1. The Morgan fingerprint density at radius 1 is 1.08 bits per heavy atom. The number of nitrogens with one attached hydrogen (secondary N) is 1. The average Bonchev–Trinajstić information content (AvgIpc) is 2.64. The van der Waals surface area contributed by atoms with Gasteiger partial charge in [0.2, 0.25) is 0 Å². The second-order valence-electron chi connectivity index (χ2n) is 7.67. The van der Waals surface area contributed by atoms with Gasteiger partial charge in [-0.2, -0.15) is 5.10 Å². The van der Waals surface area contributed by atoms with E-state index >= 15 is 0 Å². The lowest BCUT2D eigenvalue weighted by Gasteiger charge is -2.19. The molecule has 0 fully saturated rings. The number of carbonyl (C=O) groups is 1. The van der Waals surface area contributed by atoms with Gasteiger partial charge in [0.1, 0.15) is 5.75 Å². The molecule has 4 heteroatoms. The summed E-state index contributed by atoms with van der Waals surface area (Å²) < 4.78 is 5.56. The van der Waals surface area contributed by atoms with Gasteiger partial charge in [-0.15, -0.1) is 0 Å². The van der Waals surface area contributed by atoms with Crippen LogP contribution in [0.25, 0.3) is 0 Å². The normalized spacial score (nSPS) is 15.4. The van der Waals surface area contributed by atoms with Gasteiger partial charge >= 0.3 is 0 Å². The molecule has 1 N–H and O–H groups in total. The summed E-state index contributed by atoms with van der Waals surface area (Å²) in [5, 5.41) is 4.32. The Kier molecular flexibility index (Phi) is 5.40. The van der Waals surface area contributed by atoms with E-state index in [0.717, 1.165) is 30.5 Å². The van der Waals surface area contributed by atoms with Crippen molar-refractivity contribution in [3.05, 3.63) is 65.2 Å². The standard InChI is InChI=1S/C22H26N2O2/c1-22(2,3)17-11-13-18(14-12-17)26-15-21(25)24-23-20-10-6-8-16-7-4-5-9-19(16)20/h4-5,7,9,11-14H,6,8,10,15H2,1-3H3,(H,24,25). The lowest BCUT2D eigenvalue weighted by atomic mass is 9.87. The molecule has 26 heavy (non-hydrogen) atoms. The Morgan fingerprint density at radius 2 is 1.81 bits per heavy atom. The number of hydrazone groups is 1. The maximum atomic E-state index is 12.1. The van der Waals surface area contributed by atoms with Crippen LogP contribution in [-0.4, -0.2) is 18.2 Å². The molecule has 0 bridgehead atoms. The molecule has 4 nitrogen and oxygen atoms in total. The van der Waals surface area contributed by atoms with Crippen molar-refractivity contribution >= 4 is 11.6 Å². The maximum Gasteiger partial charge on any atom is 0.277 e. The highest BCUT2D eigenvalue weighted by atomic mass is 16.5. The summed E-state index contributed by atoms with van der Waals surface area (Å²) in [6.07, 6.45) is 3.01. The van der Waals surface area contributed by atoms with Gasteiger partial charge in [0.25, 0.3) is 5.91 Å². The zero-order chi connectivity index (χ0) is 18.6. The number of aryl methyl sites for hydroxylation is 1. The van der Waals surface area contributed by atoms with E-state index in [2.05, 4.69) is 43.4 Å². The summed E-state index contributed by atoms with van der Waals surface area (Å²) in [6.45, 7) is 6.45. The van der Waals surface area contributed by atoms with E-state index in [1.807, 2.05) is 36.4 Å². The van der Waals surface area contributed by atoms with E-state index in [1.165, 1.54) is 11.1 Å². The summed E-state index contributed by atoms with van der Waals surface area (Å²) in [7, 11) is 0.